The van der Waals surface area contributed by atoms with Crippen LogP contribution in [0.25, 0.3) is 0 Å². The van der Waals surface area contributed by atoms with Gasteiger partial charge in [0.05, 0.1) is 23.5 Å². The van der Waals surface area contributed by atoms with Crippen molar-refractivity contribution >= 4 is 34.6 Å². The van der Waals surface area contributed by atoms with Crippen LogP contribution in [0.2, 0.25) is 5.02 Å². The van der Waals surface area contributed by atoms with Gasteiger partial charge in [0.2, 0.25) is 0 Å². The summed E-state index contributed by atoms with van der Waals surface area (Å²) in [4.78, 5) is 6.49. The SMILES string of the molecule is Cc1cc([C@@H]2[C@H](c3ccccn3)NC(=S)N2c2cc(Cl)ccc2O)c(C)n1-n1cnnc1. The van der Waals surface area contributed by atoms with Gasteiger partial charge in [-0.3, -0.25) is 9.66 Å². The first-order valence-corrected chi connectivity index (χ1v) is 10.8. The number of hydrogen-bond acceptors (Lipinski definition) is 5. The fourth-order valence-corrected chi connectivity index (χ4v) is 4.86. The van der Waals surface area contributed by atoms with Crippen LogP contribution in [0.5, 0.6) is 5.75 Å². The van der Waals surface area contributed by atoms with E-state index >= 15 is 0 Å². The van der Waals surface area contributed by atoms with Gasteiger partial charge in [-0.15, -0.1) is 10.2 Å². The summed E-state index contributed by atoms with van der Waals surface area (Å²) in [6.45, 7) is 4.06. The molecule has 2 atom stereocenters. The Morgan fingerprint density at radius 1 is 1.09 bits per heavy atom. The van der Waals surface area contributed by atoms with Crippen LogP contribution < -0.4 is 10.2 Å². The van der Waals surface area contributed by atoms with Crippen LogP contribution >= 0.6 is 23.8 Å². The zero-order valence-electron chi connectivity index (χ0n) is 17.3. The van der Waals surface area contributed by atoms with Crippen LogP contribution in [0, 0.1) is 13.8 Å². The summed E-state index contributed by atoms with van der Waals surface area (Å²) in [5.74, 6) is 0.0952. The minimum Gasteiger partial charge on any atom is -0.506 e. The van der Waals surface area contributed by atoms with E-state index in [1.165, 1.54) is 0 Å². The molecule has 1 aliphatic heterocycles. The highest BCUT2D eigenvalue weighted by Gasteiger charge is 2.43. The number of thiocarbonyl (C=S) groups is 1. The van der Waals surface area contributed by atoms with Crippen molar-refractivity contribution in [3.63, 3.8) is 0 Å². The Morgan fingerprint density at radius 3 is 2.59 bits per heavy atom. The Balaban J connectivity index is 1.71. The molecule has 4 aromatic rings. The Labute approximate surface area is 195 Å². The lowest BCUT2D eigenvalue weighted by atomic mass is 9.96. The van der Waals surface area contributed by atoms with Gasteiger partial charge in [-0.05, 0) is 62.5 Å². The highest BCUT2D eigenvalue weighted by molar-refractivity contribution is 7.80. The Morgan fingerprint density at radius 2 is 1.88 bits per heavy atom. The molecule has 0 bridgehead atoms. The smallest absolute Gasteiger partial charge is 0.174 e. The van der Waals surface area contributed by atoms with Gasteiger partial charge in [0, 0.05) is 28.2 Å². The van der Waals surface area contributed by atoms with Crippen molar-refractivity contribution in [2.45, 2.75) is 25.9 Å². The van der Waals surface area contributed by atoms with E-state index in [-0.39, 0.29) is 17.8 Å². The molecule has 162 valence electrons. The van der Waals surface area contributed by atoms with Crippen molar-refractivity contribution in [1.82, 2.24) is 29.9 Å². The van der Waals surface area contributed by atoms with E-state index in [4.69, 9.17) is 23.8 Å². The van der Waals surface area contributed by atoms with E-state index in [0.29, 0.717) is 15.8 Å². The number of anilines is 1. The second-order valence-electron chi connectivity index (χ2n) is 7.61. The van der Waals surface area contributed by atoms with Crippen LogP contribution in [-0.2, 0) is 0 Å². The lowest BCUT2D eigenvalue weighted by Gasteiger charge is -2.28. The summed E-state index contributed by atoms with van der Waals surface area (Å²) < 4.78 is 3.86. The number of rotatable bonds is 4. The van der Waals surface area contributed by atoms with Crippen LogP contribution in [0.3, 0.4) is 0 Å². The van der Waals surface area contributed by atoms with Crippen LogP contribution in [0.1, 0.15) is 34.7 Å². The fraction of sp³-hybridized carbons (Fsp3) is 0.182. The van der Waals surface area contributed by atoms with E-state index < -0.39 is 0 Å². The fourth-order valence-electron chi connectivity index (χ4n) is 4.35. The minimum absolute atomic E-state index is 0.0952. The Hall–Kier alpha value is -3.43. The summed E-state index contributed by atoms with van der Waals surface area (Å²) in [5.41, 5.74) is 4.40. The minimum atomic E-state index is -0.279. The number of phenolic OH excluding ortho intramolecular Hbond substituents is 1. The van der Waals surface area contributed by atoms with Gasteiger partial charge in [-0.25, -0.2) is 4.68 Å². The maximum Gasteiger partial charge on any atom is 0.174 e. The van der Waals surface area contributed by atoms with E-state index in [1.54, 1.807) is 37.1 Å². The number of phenols is 1. The van der Waals surface area contributed by atoms with Crippen molar-refractivity contribution < 1.29 is 5.11 Å². The van der Waals surface area contributed by atoms with E-state index in [9.17, 15) is 5.11 Å². The number of aromatic nitrogens is 5. The molecular formula is C22H20ClN7OS. The molecule has 8 nitrogen and oxygen atoms in total. The number of nitrogens with one attached hydrogen (secondary N) is 1. The lowest BCUT2D eigenvalue weighted by Crippen LogP contribution is -2.29. The molecule has 32 heavy (non-hydrogen) atoms. The van der Waals surface area contributed by atoms with Gasteiger partial charge in [-0.1, -0.05) is 17.7 Å². The van der Waals surface area contributed by atoms with Crippen molar-refractivity contribution in [3.8, 4) is 5.75 Å². The highest BCUT2D eigenvalue weighted by atomic mass is 35.5. The second-order valence-corrected chi connectivity index (χ2v) is 8.43. The largest absolute Gasteiger partial charge is 0.506 e. The van der Waals surface area contributed by atoms with Gasteiger partial charge >= 0.3 is 0 Å². The molecule has 0 aliphatic carbocycles. The van der Waals surface area contributed by atoms with Crippen molar-refractivity contribution in [2.75, 3.05) is 4.90 Å². The molecule has 1 fully saturated rings. The van der Waals surface area contributed by atoms with Gasteiger partial charge in [0.1, 0.15) is 18.4 Å². The molecular weight excluding hydrogens is 446 g/mol. The molecule has 0 radical (unpaired) electrons. The van der Waals surface area contributed by atoms with Gasteiger partial charge in [0.25, 0.3) is 0 Å². The maximum atomic E-state index is 10.7. The number of benzene rings is 1. The maximum absolute atomic E-state index is 10.7. The summed E-state index contributed by atoms with van der Waals surface area (Å²) in [5, 5.41) is 23.0. The standard InChI is InChI=1S/C22H20ClN7OS/c1-13-9-16(14(2)30(13)28-11-25-26-12-28)21-20(17-5-3-4-8-24-17)27-22(32)29(21)18-10-15(23)6-7-19(18)31/h3-12,20-21,31H,1-2H3,(H,27,32)/t20-,21+/m0/s1. The zero-order chi connectivity index (χ0) is 22.4. The molecule has 1 aromatic carbocycles. The van der Waals surface area contributed by atoms with Crippen molar-refractivity contribution in [2.24, 2.45) is 0 Å². The van der Waals surface area contributed by atoms with E-state index in [0.717, 1.165) is 22.6 Å². The summed E-state index contributed by atoms with van der Waals surface area (Å²) in [6, 6.07) is 12.3. The molecule has 3 aromatic heterocycles. The number of aromatic hydroxyl groups is 1. The highest BCUT2D eigenvalue weighted by Crippen LogP contribution is 2.46. The molecule has 0 saturated carbocycles. The van der Waals surface area contributed by atoms with Crippen LogP contribution in [0.4, 0.5) is 5.69 Å². The average Bonchev–Trinajstić information content (AvgIpc) is 3.48. The molecule has 1 saturated heterocycles. The normalized spacial score (nSPS) is 18.2. The van der Waals surface area contributed by atoms with Gasteiger partial charge < -0.3 is 15.3 Å². The molecule has 4 heterocycles. The zero-order valence-corrected chi connectivity index (χ0v) is 18.9. The Bertz CT molecular complexity index is 1290. The van der Waals surface area contributed by atoms with E-state index in [2.05, 4.69) is 26.6 Å². The third-order valence-corrected chi connectivity index (χ3v) is 6.23. The summed E-state index contributed by atoms with van der Waals surface area (Å²) in [6.07, 6.45) is 5.06. The quantitative estimate of drug-likeness (QED) is 0.441. The third kappa shape index (κ3) is 3.30. The average molecular weight is 466 g/mol. The second kappa shape index (κ2) is 7.92. The molecule has 5 rings (SSSR count). The van der Waals surface area contributed by atoms with Crippen LogP contribution in [-0.4, -0.2) is 34.8 Å². The summed E-state index contributed by atoms with van der Waals surface area (Å²) >= 11 is 12.0. The topological polar surface area (TPSA) is 84.0 Å². The van der Waals surface area contributed by atoms with Crippen molar-refractivity contribution in [1.29, 1.82) is 0 Å². The molecule has 2 N–H and O–H groups in total. The summed E-state index contributed by atoms with van der Waals surface area (Å²) in [7, 11) is 0. The predicted octanol–water partition coefficient (Wildman–Crippen LogP) is 3.94. The third-order valence-electron chi connectivity index (χ3n) is 5.69. The first-order valence-electron chi connectivity index (χ1n) is 9.99. The number of pyridine rings is 1. The van der Waals surface area contributed by atoms with Crippen LogP contribution in [0.15, 0.2) is 61.3 Å². The molecule has 0 amide bonds. The molecule has 0 unspecified atom stereocenters. The number of halogens is 1. The molecule has 1 aliphatic rings. The lowest BCUT2D eigenvalue weighted by molar-refractivity contribution is 0.472. The van der Waals surface area contributed by atoms with E-state index in [1.807, 2.05) is 46.3 Å². The van der Waals surface area contributed by atoms with Crippen molar-refractivity contribution in [3.05, 3.63) is 89.0 Å². The Kier molecular flexibility index (Phi) is 5.07. The number of hydrogen-bond donors (Lipinski definition) is 2. The van der Waals surface area contributed by atoms with Gasteiger partial charge in [-0.2, -0.15) is 0 Å². The first-order chi connectivity index (χ1) is 15.5. The first kappa shape index (κ1) is 20.5. The molecule has 0 spiro atoms. The molecule has 10 heteroatoms. The number of nitrogens with zero attached hydrogens (tertiary/aromatic N) is 6. The van der Waals surface area contributed by atoms with Gasteiger partial charge in [0.15, 0.2) is 5.11 Å². The predicted molar refractivity (Wildman–Crippen MR) is 126 cm³/mol. The number of aryl methyl sites for hydroxylation is 1. The monoisotopic (exact) mass is 465 g/mol.